The van der Waals surface area contributed by atoms with E-state index in [0.29, 0.717) is 6.61 Å². The first-order chi connectivity index (χ1) is 9.22. The van der Waals surface area contributed by atoms with Gasteiger partial charge in [0.1, 0.15) is 12.4 Å². The van der Waals surface area contributed by atoms with Crippen molar-refractivity contribution in [1.29, 1.82) is 0 Å². The first-order valence-corrected chi connectivity index (χ1v) is 6.70. The molecule has 0 aliphatic heterocycles. The Balaban J connectivity index is 2.01. The van der Waals surface area contributed by atoms with Gasteiger partial charge >= 0.3 is 0 Å². The zero-order chi connectivity index (χ0) is 13.7. The zero-order valence-electron chi connectivity index (χ0n) is 10.9. The molecule has 0 bridgehead atoms. The summed E-state index contributed by atoms with van der Waals surface area (Å²) in [7, 11) is 0. The molecule has 0 radical (unpaired) electrons. The molecule has 2 rings (SSSR count). The van der Waals surface area contributed by atoms with E-state index in [9.17, 15) is 0 Å². The summed E-state index contributed by atoms with van der Waals surface area (Å²) in [6.07, 6.45) is 0.890. The summed E-state index contributed by atoms with van der Waals surface area (Å²) >= 11 is 6.07. The second kappa shape index (κ2) is 6.60. The van der Waals surface area contributed by atoms with Crippen LogP contribution >= 0.6 is 11.6 Å². The third kappa shape index (κ3) is 3.72. The number of aliphatic hydroxyl groups excluding tert-OH is 1. The van der Waals surface area contributed by atoms with E-state index in [1.165, 1.54) is 0 Å². The van der Waals surface area contributed by atoms with Gasteiger partial charge in [0.05, 0.1) is 6.61 Å². The van der Waals surface area contributed by atoms with Gasteiger partial charge < -0.3 is 9.84 Å². The summed E-state index contributed by atoms with van der Waals surface area (Å²) in [6.45, 7) is 2.65. The van der Waals surface area contributed by atoms with Crippen LogP contribution < -0.4 is 4.74 Å². The van der Waals surface area contributed by atoms with E-state index in [1.54, 1.807) is 0 Å². The average molecular weight is 277 g/mol. The standard InChI is InChI=1S/C16H17ClO2/c1-2-14-9-15(7-8-16(14)17)19-11-13-5-3-12(10-18)4-6-13/h3-9,18H,2,10-11H2,1H3. The molecule has 3 heteroatoms. The summed E-state index contributed by atoms with van der Waals surface area (Å²) in [5, 5.41) is 9.76. The second-order valence-electron chi connectivity index (χ2n) is 4.37. The summed E-state index contributed by atoms with van der Waals surface area (Å²) < 4.78 is 5.74. The van der Waals surface area contributed by atoms with Crippen molar-refractivity contribution in [3.8, 4) is 5.75 Å². The molecule has 0 aromatic heterocycles. The minimum atomic E-state index is 0.0676. The molecule has 2 aromatic rings. The summed E-state index contributed by atoms with van der Waals surface area (Å²) in [6, 6.07) is 13.4. The van der Waals surface area contributed by atoms with Crippen LogP contribution in [0.2, 0.25) is 5.02 Å². The van der Waals surface area contributed by atoms with Crippen molar-refractivity contribution in [2.45, 2.75) is 26.6 Å². The number of rotatable bonds is 5. The van der Waals surface area contributed by atoms with E-state index in [1.807, 2.05) is 42.5 Å². The Bertz CT molecular complexity index is 535. The van der Waals surface area contributed by atoms with Gasteiger partial charge in [-0.1, -0.05) is 42.8 Å². The van der Waals surface area contributed by atoms with Crippen LogP contribution in [0, 0.1) is 0 Å². The largest absolute Gasteiger partial charge is 0.489 e. The Labute approximate surface area is 118 Å². The quantitative estimate of drug-likeness (QED) is 0.895. The molecule has 19 heavy (non-hydrogen) atoms. The van der Waals surface area contributed by atoms with Gasteiger partial charge in [-0.15, -0.1) is 0 Å². The minimum absolute atomic E-state index is 0.0676. The van der Waals surface area contributed by atoms with Crippen molar-refractivity contribution in [1.82, 2.24) is 0 Å². The zero-order valence-corrected chi connectivity index (χ0v) is 11.7. The monoisotopic (exact) mass is 276 g/mol. The molecular formula is C16H17ClO2. The number of ether oxygens (including phenoxy) is 1. The van der Waals surface area contributed by atoms with Crippen LogP contribution in [0.3, 0.4) is 0 Å². The average Bonchev–Trinajstić information content (AvgIpc) is 2.47. The molecule has 0 fully saturated rings. The van der Waals surface area contributed by atoms with Gasteiger partial charge in [0.2, 0.25) is 0 Å². The highest BCUT2D eigenvalue weighted by molar-refractivity contribution is 6.31. The fourth-order valence-electron chi connectivity index (χ4n) is 1.82. The minimum Gasteiger partial charge on any atom is -0.489 e. The third-order valence-electron chi connectivity index (χ3n) is 3.01. The van der Waals surface area contributed by atoms with Crippen molar-refractivity contribution in [3.63, 3.8) is 0 Å². The molecule has 100 valence electrons. The first kappa shape index (κ1) is 13.9. The summed E-state index contributed by atoms with van der Waals surface area (Å²) in [4.78, 5) is 0. The maximum atomic E-state index is 8.98. The van der Waals surface area contributed by atoms with Crippen molar-refractivity contribution < 1.29 is 9.84 Å². The number of hydrogen-bond acceptors (Lipinski definition) is 2. The lowest BCUT2D eigenvalue weighted by Gasteiger charge is -2.09. The van der Waals surface area contributed by atoms with E-state index in [-0.39, 0.29) is 6.61 Å². The molecule has 0 aliphatic rings. The van der Waals surface area contributed by atoms with Crippen LogP contribution in [-0.4, -0.2) is 5.11 Å². The number of benzene rings is 2. The van der Waals surface area contributed by atoms with Gasteiger partial charge in [-0.25, -0.2) is 0 Å². The fraction of sp³-hybridized carbons (Fsp3) is 0.250. The predicted molar refractivity (Wildman–Crippen MR) is 77.5 cm³/mol. The van der Waals surface area contributed by atoms with Crippen molar-refractivity contribution in [3.05, 3.63) is 64.2 Å². The van der Waals surface area contributed by atoms with Gasteiger partial charge in [0, 0.05) is 5.02 Å². The summed E-state index contributed by atoms with van der Waals surface area (Å²) in [5.41, 5.74) is 3.07. The van der Waals surface area contributed by atoms with Gasteiger partial charge in [0.25, 0.3) is 0 Å². The maximum Gasteiger partial charge on any atom is 0.120 e. The van der Waals surface area contributed by atoms with Gasteiger partial charge in [-0.05, 0) is 41.3 Å². The van der Waals surface area contributed by atoms with E-state index < -0.39 is 0 Å². The number of aliphatic hydroxyl groups is 1. The Morgan fingerprint density at radius 3 is 2.37 bits per heavy atom. The van der Waals surface area contributed by atoms with Crippen LogP contribution in [-0.2, 0) is 19.6 Å². The fourth-order valence-corrected chi connectivity index (χ4v) is 2.07. The third-order valence-corrected chi connectivity index (χ3v) is 3.38. The molecule has 1 N–H and O–H groups in total. The van der Waals surface area contributed by atoms with Crippen LogP contribution in [0.15, 0.2) is 42.5 Å². The first-order valence-electron chi connectivity index (χ1n) is 6.33. The lowest BCUT2D eigenvalue weighted by molar-refractivity contribution is 0.281. The molecule has 2 aromatic carbocycles. The molecule has 0 spiro atoms. The van der Waals surface area contributed by atoms with Gasteiger partial charge in [-0.2, -0.15) is 0 Å². The number of aryl methyl sites for hydroxylation is 1. The molecule has 0 saturated heterocycles. The highest BCUT2D eigenvalue weighted by Gasteiger charge is 2.02. The molecule has 0 unspecified atom stereocenters. The molecule has 0 aliphatic carbocycles. The van der Waals surface area contributed by atoms with Crippen LogP contribution in [0.1, 0.15) is 23.6 Å². The predicted octanol–water partition coefficient (Wildman–Crippen LogP) is 3.97. The molecular weight excluding hydrogens is 260 g/mol. The normalized spacial score (nSPS) is 10.5. The van der Waals surface area contributed by atoms with Crippen LogP contribution in [0.5, 0.6) is 5.75 Å². The lowest BCUT2D eigenvalue weighted by Crippen LogP contribution is -1.96. The molecule has 2 nitrogen and oxygen atoms in total. The van der Waals surface area contributed by atoms with E-state index in [0.717, 1.165) is 33.9 Å². The van der Waals surface area contributed by atoms with Crippen LogP contribution in [0.4, 0.5) is 0 Å². The Hall–Kier alpha value is -1.51. The van der Waals surface area contributed by atoms with Gasteiger partial charge in [-0.3, -0.25) is 0 Å². The number of halogens is 1. The number of hydrogen-bond donors (Lipinski definition) is 1. The van der Waals surface area contributed by atoms with E-state index >= 15 is 0 Å². The molecule has 0 atom stereocenters. The Morgan fingerprint density at radius 1 is 1.05 bits per heavy atom. The molecule has 0 amide bonds. The van der Waals surface area contributed by atoms with Crippen molar-refractivity contribution in [2.24, 2.45) is 0 Å². The highest BCUT2D eigenvalue weighted by atomic mass is 35.5. The van der Waals surface area contributed by atoms with E-state index in [2.05, 4.69) is 6.92 Å². The van der Waals surface area contributed by atoms with Crippen LogP contribution in [0.25, 0.3) is 0 Å². The van der Waals surface area contributed by atoms with Gasteiger partial charge in [0.15, 0.2) is 0 Å². The maximum absolute atomic E-state index is 8.98. The Morgan fingerprint density at radius 2 is 1.74 bits per heavy atom. The topological polar surface area (TPSA) is 29.5 Å². The lowest BCUT2D eigenvalue weighted by atomic mass is 10.1. The van der Waals surface area contributed by atoms with Crippen molar-refractivity contribution >= 4 is 11.6 Å². The highest BCUT2D eigenvalue weighted by Crippen LogP contribution is 2.23. The smallest absolute Gasteiger partial charge is 0.120 e. The SMILES string of the molecule is CCc1cc(OCc2ccc(CO)cc2)ccc1Cl. The van der Waals surface area contributed by atoms with E-state index in [4.69, 9.17) is 21.4 Å². The summed E-state index contributed by atoms with van der Waals surface area (Å²) in [5.74, 6) is 0.826. The Kier molecular flexibility index (Phi) is 4.83. The molecule has 0 heterocycles. The second-order valence-corrected chi connectivity index (χ2v) is 4.78. The molecule has 0 saturated carbocycles. The van der Waals surface area contributed by atoms with Crippen molar-refractivity contribution in [2.75, 3.05) is 0 Å².